The van der Waals surface area contributed by atoms with E-state index in [1.54, 1.807) is 29.8 Å². The molecule has 0 saturated heterocycles. The van der Waals surface area contributed by atoms with Crippen LogP contribution in [0.3, 0.4) is 0 Å². The second kappa shape index (κ2) is 5.44. The first-order valence-electron chi connectivity index (χ1n) is 7.76. The van der Waals surface area contributed by atoms with Crippen LogP contribution in [0.4, 0.5) is 0 Å². The van der Waals surface area contributed by atoms with Crippen molar-refractivity contribution < 1.29 is 4.74 Å². The third-order valence-corrected chi connectivity index (χ3v) is 6.09. The summed E-state index contributed by atoms with van der Waals surface area (Å²) in [5.74, 6) is 0.848. The van der Waals surface area contributed by atoms with E-state index in [1.807, 2.05) is 29.9 Å². The molecule has 5 aromatic rings. The van der Waals surface area contributed by atoms with E-state index in [0.717, 1.165) is 42.8 Å². The van der Waals surface area contributed by atoms with Crippen LogP contribution in [0.5, 0.6) is 5.75 Å². The van der Waals surface area contributed by atoms with Crippen molar-refractivity contribution in [3.63, 3.8) is 0 Å². The lowest BCUT2D eigenvalue weighted by Gasteiger charge is -2.01. The van der Waals surface area contributed by atoms with Crippen LogP contribution in [0.1, 0.15) is 0 Å². The fraction of sp³-hybridized carbons (Fsp3) is 0.111. The molecule has 0 aliphatic rings. The number of hydrogen-bond donors (Lipinski definition) is 0. The average Bonchev–Trinajstić information content (AvgIpc) is 3.36. The number of nitrogens with zero attached hydrogens (tertiary/aromatic N) is 4. The smallest absolute Gasteiger partial charge is 0.213 e. The third kappa shape index (κ3) is 2.27. The van der Waals surface area contributed by atoms with Gasteiger partial charge in [-0.05, 0) is 29.6 Å². The molecule has 0 bridgehead atoms. The first kappa shape index (κ1) is 14.7. The predicted octanol–water partition coefficient (Wildman–Crippen LogP) is 4.69. The van der Waals surface area contributed by atoms with Crippen molar-refractivity contribution in [2.75, 3.05) is 7.11 Å². The summed E-state index contributed by atoms with van der Waals surface area (Å²) in [6.45, 7) is 0. The first-order chi connectivity index (χ1) is 12.2. The number of ether oxygens (including phenoxy) is 1. The van der Waals surface area contributed by atoms with Gasteiger partial charge in [-0.3, -0.25) is 0 Å². The minimum absolute atomic E-state index is 0.848. The van der Waals surface area contributed by atoms with Crippen LogP contribution in [0.2, 0.25) is 0 Å². The summed E-state index contributed by atoms with van der Waals surface area (Å²) >= 11 is 3.29. The Hall–Kier alpha value is -2.64. The van der Waals surface area contributed by atoms with E-state index in [0.29, 0.717) is 0 Å². The van der Waals surface area contributed by atoms with Gasteiger partial charge in [-0.15, -0.1) is 11.3 Å². The highest BCUT2D eigenvalue weighted by molar-refractivity contribution is 7.20. The molecule has 0 atom stereocenters. The van der Waals surface area contributed by atoms with Crippen molar-refractivity contribution in [3.05, 3.63) is 48.1 Å². The molecule has 25 heavy (non-hydrogen) atoms. The highest BCUT2D eigenvalue weighted by Gasteiger charge is 2.16. The topological polar surface area (TPSA) is 44.4 Å². The number of hydrogen-bond acceptors (Lipinski definition) is 5. The summed E-state index contributed by atoms with van der Waals surface area (Å²) in [5, 5.41) is 8.91. The maximum Gasteiger partial charge on any atom is 0.213 e. The van der Waals surface area contributed by atoms with Crippen LogP contribution in [0.25, 0.3) is 37.0 Å². The molecule has 4 aromatic heterocycles. The summed E-state index contributed by atoms with van der Waals surface area (Å²) in [4.78, 5) is 6.78. The number of aromatic nitrogens is 4. The summed E-state index contributed by atoms with van der Waals surface area (Å²) in [6.07, 6.45) is 4.11. The summed E-state index contributed by atoms with van der Waals surface area (Å²) in [5.41, 5.74) is 3.23. The second-order valence-electron chi connectivity index (χ2n) is 5.77. The number of aryl methyl sites for hydroxylation is 1. The lowest BCUT2D eigenvalue weighted by atomic mass is 10.2. The van der Waals surface area contributed by atoms with Gasteiger partial charge in [0.25, 0.3) is 0 Å². The molecule has 0 saturated carbocycles. The summed E-state index contributed by atoms with van der Waals surface area (Å²) in [6, 6.07) is 10.2. The zero-order valence-corrected chi connectivity index (χ0v) is 15.3. The molecule has 5 nitrogen and oxygen atoms in total. The van der Waals surface area contributed by atoms with Crippen LogP contribution < -0.4 is 4.74 Å². The molecular formula is C18H14N4OS2. The first-order valence-corrected chi connectivity index (χ1v) is 9.46. The largest absolute Gasteiger partial charge is 0.497 e. The van der Waals surface area contributed by atoms with E-state index < -0.39 is 0 Å². The number of methoxy groups -OCH3 is 1. The van der Waals surface area contributed by atoms with Gasteiger partial charge < -0.3 is 9.30 Å². The monoisotopic (exact) mass is 366 g/mol. The highest BCUT2D eigenvalue weighted by Crippen LogP contribution is 2.35. The van der Waals surface area contributed by atoms with Crippen molar-refractivity contribution in [1.29, 1.82) is 0 Å². The van der Waals surface area contributed by atoms with Gasteiger partial charge in [-0.1, -0.05) is 17.4 Å². The minimum Gasteiger partial charge on any atom is -0.497 e. The molecule has 7 heteroatoms. The van der Waals surface area contributed by atoms with E-state index in [1.165, 1.54) is 0 Å². The molecule has 0 spiro atoms. The van der Waals surface area contributed by atoms with E-state index in [9.17, 15) is 0 Å². The van der Waals surface area contributed by atoms with Gasteiger partial charge >= 0.3 is 0 Å². The maximum atomic E-state index is 5.38. The number of fused-ring (bicyclic) bond motifs is 2. The van der Waals surface area contributed by atoms with Crippen LogP contribution in [-0.2, 0) is 7.05 Å². The quantitative estimate of drug-likeness (QED) is 0.465. The van der Waals surface area contributed by atoms with Crippen molar-refractivity contribution in [2.24, 2.45) is 7.05 Å². The Morgan fingerprint density at radius 2 is 2.08 bits per heavy atom. The van der Waals surface area contributed by atoms with Crippen LogP contribution >= 0.6 is 22.7 Å². The van der Waals surface area contributed by atoms with Crippen molar-refractivity contribution in [1.82, 2.24) is 19.2 Å². The fourth-order valence-corrected chi connectivity index (χ4v) is 4.61. The van der Waals surface area contributed by atoms with Gasteiger partial charge in [-0.25, -0.2) is 9.50 Å². The zero-order valence-electron chi connectivity index (χ0n) is 13.6. The summed E-state index contributed by atoms with van der Waals surface area (Å²) < 4.78 is 9.37. The predicted molar refractivity (Wildman–Crippen MR) is 103 cm³/mol. The maximum absolute atomic E-state index is 5.38. The molecule has 0 aliphatic carbocycles. The van der Waals surface area contributed by atoms with Gasteiger partial charge in [0.1, 0.15) is 16.5 Å². The van der Waals surface area contributed by atoms with Gasteiger partial charge in [0.15, 0.2) is 0 Å². The lowest BCUT2D eigenvalue weighted by molar-refractivity contribution is 0.415. The van der Waals surface area contributed by atoms with E-state index >= 15 is 0 Å². The Morgan fingerprint density at radius 3 is 2.84 bits per heavy atom. The van der Waals surface area contributed by atoms with Crippen molar-refractivity contribution in [3.8, 4) is 26.9 Å². The molecular weight excluding hydrogens is 352 g/mol. The van der Waals surface area contributed by atoms with E-state index in [2.05, 4.69) is 34.3 Å². The van der Waals surface area contributed by atoms with Gasteiger partial charge in [-0.2, -0.15) is 5.10 Å². The highest BCUT2D eigenvalue weighted by atomic mass is 32.1. The van der Waals surface area contributed by atoms with Crippen LogP contribution in [-0.4, -0.2) is 26.3 Å². The number of benzene rings is 1. The van der Waals surface area contributed by atoms with Crippen molar-refractivity contribution in [2.45, 2.75) is 0 Å². The molecule has 0 N–H and O–H groups in total. The molecule has 0 amide bonds. The normalized spacial score (nSPS) is 11.6. The molecule has 5 rings (SSSR count). The summed E-state index contributed by atoms with van der Waals surface area (Å²) in [7, 11) is 3.74. The average molecular weight is 366 g/mol. The number of thiophene rings is 1. The molecule has 0 aliphatic heterocycles. The lowest BCUT2D eigenvalue weighted by Crippen LogP contribution is -1.85. The molecule has 1 aromatic carbocycles. The van der Waals surface area contributed by atoms with Gasteiger partial charge in [0, 0.05) is 29.7 Å². The Kier molecular flexibility index (Phi) is 3.19. The Morgan fingerprint density at radius 1 is 1.16 bits per heavy atom. The molecule has 0 radical (unpaired) electrons. The molecule has 0 fully saturated rings. The van der Waals surface area contributed by atoms with Crippen LogP contribution in [0, 0.1) is 0 Å². The van der Waals surface area contributed by atoms with Crippen LogP contribution in [0.15, 0.2) is 48.1 Å². The SMILES string of the molecule is COc1ccc2c(c1)c(-c1nn3cc(-c4cccs4)nc3s1)cn2C. The minimum atomic E-state index is 0.848. The fourth-order valence-electron chi connectivity index (χ4n) is 3.02. The Balaban J connectivity index is 1.65. The standard InChI is InChI=1S/C18H14N4OS2/c1-21-9-13(12-8-11(23-2)5-6-15(12)21)17-20-22-10-14(19-18(22)25-17)16-4-3-7-24-16/h3-10H,1-2H3. The molecule has 0 unspecified atom stereocenters. The second-order valence-corrected chi connectivity index (χ2v) is 7.68. The molecule has 124 valence electrons. The Labute approximate surface area is 151 Å². The number of rotatable bonds is 3. The third-order valence-electron chi connectivity index (χ3n) is 4.24. The zero-order chi connectivity index (χ0) is 17.0. The van der Waals surface area contributed by atoms with Crippen molar-refractivity contribution >= 4 is 38.5 Å². The molecule has 4 heterocycles. The van der Waals surface area contributed by atoms with E-state index in [4.69, 9.17) is 14.8 Å². The van der Waals surface area contributed by atoms with E-state index in [-0.39, 0.29) is 0 Å². The van der Waals surface area contributed by atoms with Gasteiger partial charge in [0.2, 0.25) is 4.96 Å². The van der Waals surface area contributed by atoms with Gasteiger partial charge in [0.05, 0.1) is 18.2 Å². The number of imidazole rings is 1. The Bertz CT molecular complexity index is 1170.